The number of rotatable bonds is 2. The molecule has 1 unspecified atom stereocenters. The minimum atomic E-state index is 0.290. The Morgan fingerprint density at radius 3 is 2.73 bits per heavy atom. The zero-order valence-electron chi connectivity index (χ0n) is 10.6. The minimum Gasteiger partial charge on any atom is -0.272 e. The number of aromatic nitrogens is 2. The molecule has 0 spiro atoms. The van der Waals surface area contributed by atoms with Crippen LogP contribution in [0.2, 0.25) is 0 Å². The van der Waals surface area contributed by atoms with E-state index in [0.717, 1.165) is 0 Å². The third-order valence-electron chi connectivity index (χ3n) is 3.91. The molecule has 1 aliphatic rings. The highest BCUT2D eigenvalue weighted by Gasteiger charge is 2.36. The van der Waals surface area contributed by atoms with Crippen molar-refractivity contribution in [3.8, 4) is 0 Å². The molecule has 1 heterocycles. The average Bonchev–Trinajstić information content (AvgIpc) is 2.64. The van der Waals surface area contributed by atoms with Crippen molar-refractivity contribution in [1.82, 2.24) is 9.78 Å². The molecule has 0 bridgehead atoms. The van der Waals surface area contributed by atoms with Gasteiger partial charge in [0.15, 0.2) is 0 Å². The fourth-order valence-electron chi connectivity index (χ4n) is 2.74. The van der Waals surface area contributed by atoms with E-state index in [9.17, 15) is 0 Å². The first-order chi connectivity index (χ1) is 6.97. The number of nitrogens with zero attached hydrogens (tertiary/aromatic N) is 2. The Balaban J connectivity index is 2.51. The van der Waals surface area contributed by atoms with Gasteiger partial charge in [0.2, 0.25) is 0 Å². The van der Waals surface area contributed by atoms with Crippen molar-refractivity contribution >= 4 is 0 Å². The third kappa shape index (κ3) is 1.51. The Morgan fingerprint density at radius 1 is 1.47 bits per heavy atom. The largest absolute Gasteiger partial charge is 0.272 e. The second-order valence-electron chi connectivity index (χ2n) is 5.53. The van der Waals surface area contributed by atoms with E-state index in [1.54, 1.807) is 0 Å². The van der Waals surface area contributed by atoms with Gasteiger partial charge in [-0.3, -0.25) is 4.68 Å². The van der Waals surface area contributed by atoms with Crippen molar-refractivity contribution in [2.24, 2.45) is 7.05 Å². The van der Waals surface area contributed by atoms with Crippen LogP contribution in [0.5, 0.6) is 0 Å². The molecule has 1 aliphatic carbocycles. The van der Waals surface area contributed by atoms with Crippen molar-refractivity contribution in [2.45, 2.75) is 58.3 Å². The molecule has 0 saturated heterocycles. The van der Waals surface area contributed by atoms with Gasteiger partial charge in [0.1, 0.15) is 0 Å². The van der Waals surface area contributed by atoms with Crippen LogP contribution in [0.1, 0.15) is 63.4 Å². The summed E-state index contributed by atoms with van der Waals surface area (Å²) < 4.78 is 2.11. The molecular weight excluding hydrogens is 184 g/mol. The maximum atomic E-state index is 4.73. The molecule has 15 heavy (non-hydrogen) atoms. The summed E-state index contributed by atoms with van der Waals surface area (Å²) in [7, 11) is 2.09. The monoisotopic (exact) mass is 206 g/mol. The lowest BCUT2D eigenvalue weighted by Crippen LogP contribution is -2.14. The standard InChI is InChI=1S/C13H22N2/c1-6-9(2)11-10-7-8-13(3,4)12(10)14-15(11)5/h9H,6-8H2,1-5H3. The Bertz CT molecular complexity index is 374. The van der Waals surface area contributed by atoms with E-state index < -0.39 is 0 Å². The van der Waals surface area contributed by atoms with E-state index in [2.05, 4.69) is 39.4 Å². The topological polar surface area (TPSA) is 17.8 Å². The van der Waals surface area contributed by atoms with Crippen LogP contribution in [0.3, 0.4) is 0 Å². The lowest BCUT2D eigenvalue weighted by atomic mass is 9.91. The van der Waals surface area contributed by atoms with Gasteiger partial charge in [0.25, 0.3) is 0 Å². The predicted octanol–water partition coefficient (Wildman–Crippen LogP) is 3.16. The van der Waals surface area contributed by atoms with E-state index in [4.69, 9.17) is 5.10 Å². The molecule has 1 aromatic heterocycles. The fraction of sp³-hybridized carbons (Fsp3) is 0.769. The van der Waals surface area contributed by atoms with Gasteiger partial charge in [0.05, 0.1) is 5.69 Å². The highest BCUT2D eigenvalue weighted by molar-refractivity contribution is 5.38. The fourth-order valence-corrected chi connectivity index (χ4v) is 2.74. The van der Waals surface area contributed by atoms with Crippen LogP contribution in [0.15, 0.2) is 0 Å². The van der Waals surface area contributed by atoms with Crippen molar-refractivity contribution in [2.75, 3.05) is 0 Å². The Labute approximate surface area is 92.7 Å². The van der Waals surface area contributed by atoms with Gasteiger partial charge >= 0.3 is 0 Å². The molecule has 2 rings (SSSR count). The molecular formula is C13H22N2. The summed E-state index contributed by atoms with van der Waals surface area (Å²) in [6.07, 6.45) is 3.68. The van der Waals surface area contributed by atoms with Crippen molar-refractivity contribution < 1.29 is 0 Å². The van der Waals surface area contributed by atoms with Crippen LogP contribution in [0.4, 0.5) is 0 Å². The summed E-state index contributed by atoms with van der Waals surface area (Å²) in [4.78, 5) is 0. The molecule has 1 atom stereocenters. The van der Waals surface area contributed by atoms with Gasteiger partial charge < -0.3 is 0 Å². The second-order valence-corrected chi connectivity index (χ2v) is 5.53. The Hall–Kier alpha value is -0.790. The number of fused-ring (bicyclic) bond motifs is 1. The van der Waals surface area contributed by atoms with Gasteiger partial charge in [-0.15, -0.1) is 0 Å². The molecule has 2 heteroatoms. The highest BCUT2D eigenvalue weighted by Crippen LogP contribution is 2.41. The Kier molecular flexibility index (Phi) is 2.40. The van der Waals surface area contributed by atoms with Gasteiger partial charge in [-0.25, -0.2) is 0 Å². The molecule has 0 radical (unpaired) electrons. The zero-order chi connectivity index (χ0) is 11.2. The van der Waals surface area contributed by atoms with Crippen LogP contribution in [0, 0.1) is 0 Å². The SMILES string of the molecule is CCC(C)c1c2c(nn1C)C(C)(C)CC2. The van der Waals surface area contributed by atoms with Crippen LogP contribution >= 0.6 is 0 Å². The van der Waals surface area contributed by atoms with E-state index in [1.807, 2.05) is 0 Å². The normalized spacial score (nSPS) is 20.3. The predicted molar refractivity (Wildman–Crippen MR) is 63.3 cm³/mol. The van der Waals surface area contributed by atoms with E-state index in [1.165, 1.54) is 36.2 Å². The van der Waals surface area contributed by atoms with Gasteiger partial charge in [-0.05, 0) is 30.7 Å². The molecule has 0 saturated carbocycles. The molecule has 2 nitrogen and oxygen atoms in total. The smallest absolute Gasteiger partial charge is 0.0715 e. The molecule has 0 aromatic carbocycles. The van der Waals surface area contributed by atoms with Crippen LogP contribution in [-0.4, -0.2) is 9.78 Å². The van der Waals surface area contributed by atoms with Crippen molar-refractivity contribution in [3.63, 3.8) is 0 Å². The second kappa shape index (κ2) is 3.36. The van der Waals surface area contributed by atoms with Crippen molar-refractivity contribution in [3.05, 3.63) is 17.0 Å². The van der Waals surface area contributed by atoms with E-state index in [-0.39, 0.29) is 0 Å². The first-order valence-corrected chi connectivity index (χ1v) is 6.03. The van der Waals surface area contributed by atoms with Crippen molar-refractivity contribution in [1.29, 1.82) is 0 Å². The lowest BCUT2D eigenvalue weighted by Gasteiger charge is -2.15. The molecule has 1 aromatic rings. The number of hydrogen-bond acceptors (Lipinski definition) is 1. The Morgan fingerprint density at radius 2 is 2.13 bits per heavy atom. The summed E-state index contributed by atoms with van der Waals surface area (Å²) in [6.45, 7) is 9.19. The molecule has 0 fully saturated rings. The maximum Gasteiger partial charge on any atom is 0.0715 e. The first kappa shape index (κ1) is 10.7. The zero-order valence-corrected chi connectivity index (χ0v) is 10.6. The minimum absolute atomic E-state index is 0.290. The summed E-state index contributed by atoms with van der Waals surface area (Å²) in [5.74, 6) is 0.639. The summed E-state index contributed by atoms with van der Waals surface area (Å²) in [5.41, 5.74) is 4.65. The lowest BCUT2D eigenvalue weighted by molar-refractivity contribution is 0.488. The van der Waals surface area contributed by atoms with E-state index in [0.29, 0.717) is 11.3 Å². The highest BCUT2D eigenvalue weighted by atomic mass is 15.3. The van der Waals surface area contributed by atoms with Crippen LogP contribution in [-0.2, 0) is 18.9 Å². The van der Waals surface area contributed by atoms with Gasteiger partial charge in [-0.2, -0.15) is 5.10 Å². The number of aryl methyl sites for hydroxylation is 1. The summed E-state index contributed by atoms with van der Waals surface area (Å²) in [6, 6.07) is 0. The average molecular weight is 206 g/mol. The third-order valence-corrected chi connectivity index (χ3v) is 3.91. The van der Waals surface area contributed by atoms with Gasteiger partial charge in [-0.1, -0.05) is 27.7 Å². The molecule has 0 N–H and O–H groups in total. The number of hydrogen-bond donors (Lipinski definition) is 0. The van der Waals surface area contributed by atoms with Crippen LogP contribution in [0.25, 0.3) is 0 Å². The quantitative estimate of drug-likeness (QED) is 0.727. The van der Waals surface area contributed by atoms with Gasteiger partial charge in [0, 0.05) is 18.2 Å². The molecule has 0 aliphatic heterocycles. The van der Waals surface area contributed by atoms with E-state index >= 15 is 0 Å². The summed E-state index contributed by atoms with van der Waals surface area (Å²) >= 11 is 0. The molecule has 0 amide bonds. The first-order valence-electron chi connectivity index (χ1n) is 6.03. The maximum absolute atomic E-state index is 4.73. The molecule has 84 valence electrons. The summed E-state index contributed by atoms with van der Waals surface area (Å²) in [5, 5.41) is 4.73. The van der Waals surface area contributed by atoms with Crippen LogP contribution < -0.4 is 0 Å².